The molecule has 2 atom stereocenters. The third kappa shape index (κ3) is 5.84. The lowest BCUT2D eigenvalue weighted by Gasteiger charge is -2.24. The zero-order valence-corrected chi connectivity index (χ0v) is 14.5. The average molecular weight is 320 g/mol. The van der Waals surface area contributed by atoms with Crippen LogP contribution in [-0.4, -0.2) is 49.4 Å². The zero-order valence-electron chi connectivity index (χ0n) is 14.5. The molecule has 23 heavy (non-hydrogen) atoms. The smallest absolute Gasteiger partial charge is 0.407 e. The van der Waals surface area contributed by atoms with Crippen LogP contribution in [0.4, 0.5) is 4.79 Å². The quantitative estimate of drug-likeness (QED) is 0.906. The third-order valence-electron chi connectivity index (χ3n) is 3.85. The number of nitrogens with zero attached hydrogens (tertiary/aromatic N) is 1. The van der Waals surface area contributed by atoms with Gasteiger partial charge in [0.25, 0.3) is 0 Å². The molecular weight excluding hydrogens is 292 g/mol. The molecule has 1 aliphatic heterocycles. The molecule has 0 unspecified atom stereocenters. The van der Waals surface area contributed by atoms with E-state index >= 15 is 0 Å². The Balaban J connectivity index is 1.93. The van der Waals surface area contributed by atoms with Gasteiger partial charge in [-0.3, -0.25) is 4.90 Å². The van der Waals surface area contributed by atoms with Gasteiger partial charge in [-0.1, -0.05) is 30.3 Å². The lowest BCUT2D eigenvalue weighted by Crippen LogP contribution is -2.44. The van der Waals surface area contributed by atoms with Gasteiger partial charge >= 0.3 is 6.09 Å². The van der Waals surface area contributed by atoms with Crippen LogP contribution in [0.5, 0.6) is 0 Å². The van der Waals surface area contributed by atoms with Crippen molar-refractivity contribution in [2.75, 3.05) is 26.8 Å². The van der Waals surface area contributed by atoms with Crippen LogP contribution in [-0.2, 0) is 16.0 Å². The van der Waals surface area contributed by atoms with E-state index in [1.807, 2.05) is 26.8 Å². The molecule has 0 radical (unpaired) electrons. The number of carbonyl (C=O) groups excluding carboxylic acids is 1. The van der Waals surface area contributed by atoms with Crippen molar-refractivity contribution in [3.63, 3.8) is 0 Å². The molecular formula is C18H28N2O3. The number of hydrogen-bond donors (Lipinski definition) is 1. The van der Waals surface area contributed by atoms with Crippen LogP contribution >= 0.6 is 0 Å². The number of carbonyl (C=O) groups is 1. The summed E-state index contributed by atoms with van der Waals surface area (Å²) in [6, 6.07) is 10.4. The highest BCUT2D eigenvalue weighted by Gasteiger charge is 2.34. The van der Waals surface area contributed by atoms with Gasteiger partial charge in [0.15, 0.2) is 0 Å². The summed E-state index contributed by atoms with van der Waals surface area (Å²) < 4.78 is 10.7. The van der Waals surface area contributed by atoms with Crippen LogP contribution < -0.4 is 5.32 Å². The molecule has 5 heteroatoms. The predicted molar refractivity (Wildman–Crippen MR) is 90.2 cm³/mol. The van der Waals surface area contributed by atoms with Gasteiger partial charge in [0.2, 0.25) is 0 Å². The van der Waals surface area contributed by atoms with Crippen molar-refractivity contribution < 1.29 is 14.3 Å². The number of methoxy groups -OCH3 is 1. The first-order valence-corrected chi connectivity index (χ1v) is 8.12. The Morgan fingerprint density at radius 2 is 1.96 bits per heavy atom. The lowest BCUT2D eigenvalue weighted by atomic mass is 10.1. The van der Waals surface area contributed by atoms with Gasteiger partial charge in [-0.2, -0.15) is 0 Å². The standard InChI is InChI=1S/C18H28N2O3/c1-18(2,3)23-17(21)19-16-12-20(11-15(16)13-22-4)10-14-8-6-5-7-9-14/h5-9,15-16H,10-13H2,1-4H3,(H,19,21)/t15-,16+/m0/s1. The van der Waals surface area contributed by atoms with E-state index in [4.69, 9.17) is 9.47 Å². The minimum Gasteiger partial charge on any atom is -0.444 e. The van der Waals surface area contributed by atoms with Crippen molar-refractivity contribution in [1.29, 1.82) is 0 Å². The molecule has 0 bridgehead atoms. The zero-order chi connectivity index (χ0) is 16.9. The Hall–Kier alpha value is -1.59. The fourth-order valence-electron chi connectivity index (χ4n) is 2.94. The van der Waals surface area contributed by atoms with Gasteiger partial charge in [0.1, 0.15) is 5.60 Å². The highest BCUT2D eigenvalue weighted by atomic mass is 16.6. The number of ether oxygens (including phenoxy) is 2. The first kappa shape index (κ1) is 17.8. The highest BCUT2D eigenvalue weighted by Crippen LogP contribution is 2.20. The van der Waals surface area contributed by atoms with Crippen LogP contribution in [0.2, 0.25) is 0 Å². The van der Waals surface area contributed by atoms with Crippen LogP contribution in [0.1, 0.15) is 26.3 Å². The Morgan fingerprint density at radius 3 is 2.57 bits per heavy atom. The van der Waals surface area contributed by atoms with Crippen molar-refractivity contribution in [3.8, 4) is 0 Å². The molecule has 1 amide bonds. The number of likely N-dealkylation sites (tertiary alicyclic amines) is 1. The largest absolute Gasteiger partial charge is 0.444 e. The second-order valence-electron chi connectivity index (χ2n) is 7.15. The molecule has 0 spiro atoms. The summed E-state index contributed by atoms with van der Waals surface area (Å²) in [5.74, 6) is 0.274. The first-order chi connectivity index (χ1) is 10.9. The Bertz CT molecular complexity index is 499. The van der Waals surface area contributed by atoms with Crippen molar-refractivity contribution in [2.45, 2.75) is 39.0 Å². The monoisotopic (exact) mass is 320 g/mol. The summed E-state index contributed by atoms with van der Waals surface area (Å²) in [5, 5.41) is 3.00. The molecule has 1 heterocycles. The second kappa shape index (κ2) is 7.79. The molecule has 0 saturated carbocycles. The summed E-state index contributed by atoms with van der Waals surface area (Å²) >= 11 is 0. The molecule has 0 aliphatic carbocycles. The van der Waals surface area contributed by atoms with Crippen LogP contribution in [0, 0.1) is 5.92 Å². The van der Waals surface area contributed by atoms with Gasteiger partial charge in [0, 0.05) is 32.7 Å². The molecule has 1 N–H and O–H groups in total. The van der Waals surface area contributed by atoms with Crippen LogP contribution in [0.3, 0.4) is 0 Å². The minimum absolute atomic E-state index is 0.0495. The molecule has 1 aliphatic rings. The normalized spacial score (nSPS) is 22.1. The summed E-state index contributed by atoms with van der Waals surface area (Å²) in [6.07, 6.45) is -0.356. The van der Waals surface area contributed by atoms with E-state index in [1.165, 1.54) is 5.56 Å². The maximum atomic E-state index is 12.0. The van der Waals surface area contributed by atoms with E-state index in [-0.39, 0.29) is 18.1 Å². The van der Waals surface area contributed by atoms with Crippen molar-refractivity contribution >= 4 is 6.09 Å². The van der Waals surface area contributed by atoms with Crippen LogP contribution in [0.25, 0.3) is 0 Å². The van der Waals surface area contributed by atoms with Gasteiger partial charge in [-0.15, -0.1) is 0 Å². The molecule has 1 aromatic rings. The van der Waals surface area contributed by atoms with Gasteiger partial charge in [-0.05, 0) is 26.3 Å². The van der Waals surface area contributed by atoms with E-state index in [9.17, 15) is 4.79 Å². The third-order valence-corrected chi connectivity index (χ3v) is 3.85. The average Bonchev–Trinajstić information content (AvgIpc) is 2.80. The number of amides is 1. The van der Waals surface area contributed by atoms with E-state index < -0.39 is 5.60 Å². The molecule has 0 aromatic heterocycles. The van der Waals surface area contributed by atoms with E-state index in [0.717, 1.165) is 19.6 Å². The fourth-order valence-corrected chi connectivity index (χ4v) is 2.94. The number of alkyl carbamates (subject to hydrolysis) is 1. The first-order valence-electron chi connectivity index (χ1n) is 8.12. The Labute approximate surface area is 139 Å². The van der Waals surface area contributed by atoms with E-state index in [2.05, 4.69) is 34.5 Å². The molecule has 128 valence electrons. The molecule has 1 fully saturated rings. The number of rotatable bonds is 5. The van der Waals surface area contributed by atoms with E-state index in [1.54, 1.807) is 7.11 Å². The highest BCUT2D eigenvalue weighted by molar-refractivity contribution is 5.68. The summed E-state index contributed by atoms with van der Waals surface area (Å²) in [7, 11) is 1.70. The Kier molecular flexibility index (Phi) is 6.02. The molecule has 1 saturated heterocycles. The lowest BCUT2D eigenvalue weighted by molar-refractivity contribution is 0.0480. The van der Waals surface area contributed by atoms with Gasteiger partial charge in [0.05, 0.1) is 12.6 Å². The van der Waals surface area contributed by atoms with Crippen molar-refractivity contribution in [1.82, 2.24) is 10.2 Å². The molecule has 1 aromatic carbocycles. The number of hydrogen-bond acceptors (Lipinski definition) is 4. The second-order valence-corrected chi connectivity index (χ2v) is 7.15. The van der Waals surface area contributed by atoms with Crippen molar-refractivity contribution in [2.24, 2.45) is 5.92 Å². The SMILES string of the molecule is COC[C@@H]1CN(Cc2ccccc2)C[C@H]1NC(=O)OC(C)(C)C. The van der Waals surface area contributed by atoms with Crippen LogP contribution in [0.15, 0.2) is 30.3 Å². The summed E-state index contributed by atoms with van der Waals surface area (Å²) in [6.45, 7) is 8.84. The maximum Gasteiger partial charge on any atom is 0.407 e. The maximum absolute atomic E-state index is 12.0. The molecule has 5 nitrogen and oxygen atoms in total. The minimum atomic E-state index is -0.483. The Morgan fingerprint density at radius 1 is 1.26 bits per heavy atom. The van der Waals surface area contributed by atoms with Crippen molar-refractivity contribution in [3.05, 3.63) is 35.9 Å². The predicted octanol–water partition coefficient (Wildman–Crippen LogP) is 2.66. The number of nitrogens with one attached hydrogen (secondary N) is 1. The fraction of sp³-hybridized carbons (Fsp3) is 0.611. The number of benzene rings is 1. The van der Waals surface area contributed by atoms with Gasteiger partial charge < -0.3 is 14.8 Å². The topological polar surface area (TPSA) is 50.8 Å². The molecule has 2 rings (SSSR count). The summed E-state index contributed by atoms with van der Waals surface area (Å²) in [4.78, 5) is 14.4. The van der Waals surface area contributed by atoms with Gasteiger partial charge in [-0.25, -0.2) is 4.79 Å². The van der Waals surface area contributed by atoms with E-state index in [0.29, 0.717) is 6.61 Å². The summed E-state index contributed by atoms with van der Waals surface area (Å²) in [5.41, 5.74) is 0.796.